The minimum atomic E-state index is -0.0746. The van der Waals surface area contributed by atoms with Crippen LogP contribution in [0.5, 0.6) is 0 Å². The molecule has 1 N–H and O–H groups in total. The van der Waals surface area contributed by atoms with Crippen molar-refractivity contribution in [2.75, 3.05) is 24.5 Å². The highest BCUT2D eigenvalue weighted by Crippen LogP contribution is 2.18. The van der Waals surface area contributed by atoms with Gasteiger partial charge in [-0.1, -0.05) is 11.6 Å². The highest BCUT2D eigenvalue weighted by Gasteiger charge is 2.18. The summed E-state index contributed by atoms with van der Waals surface area (Å²) in [5.41, 5.74) is 1.13. The lowest BCUT2D eigenvalue weighted by Crippen LogP contribution is -2.50. The van der Waals surface area contributed by atoms with E-state index in [1.165, 1.54) is 0 Å². The highest BCUT2D eigenvalue weighted by atomic mass is 35.5. The number of nitrogens with one attached hydrogen (secondary N) is 1. The molecule has 1 unspecified atom stereocenters. The maximum atomic E-state index is 8.84. The van der Waals surface area contributed by atoms with Gasteiger partial charge in [0.15, 0.2) is 0 Å². The van der Waals surface area contributed by atoms with Crippen LogP contribution in [0.2, 0.25) is 5.02 Å². The van der Waals surface area contributed by atoms with Crippen molar-refractivity contribution in [2.24, 2.45) is 0 Å². The summed E-state index contributed by atoms with van der Waals surface area (Å²) in [4.78, 5) is 2.20. The Morgan fingerprint density at radius 2 is 2.13 bits per heavy atom. The van der Waals surface area contributed by atoms with Gasteiger partial charge in [-0.3, -0.25) is 5.32 Å². The van der Waals surface area contributed by atoms with Gasteiger partial charge in [-0.15, -0.1) is 0 Å². The van der Waals surface area contributed by atoms with Crippen molar-refractivity contribution in [2.45, 2.75) is 6.04 Å². The summed E-state index contributed by atoms with van der Waals surface area (Å²) in [6.07, 6.45) is 0. The molecule has 15 heavy (non-hydrogen) atoms. The summed E-state index contributed by atoms with van der Waals surface area (Å²) in [5.74, 6) is 0. The second-order valence-corrected chi connectivity index (χ2v) is 3.99. The van der Waals surface area contributed by atoms with Gasteiger partial charge in [-0.05, 0) is 24.3 Å². The van der Waals surface area contributed by atoms with E-state index >= 15 is 0 Å². The largest absolute Gasteiger partial charge is 0.368 e. The van der Waals surface area contributed by atoms with Crippen LogP contribution in [0, 0.1) is 11.3 Å². The molecule has 2 rings (SSSR count). The third-order valence-electron chi connectivity index (χ3n) is 2.52. The molecule has 0 radical (unpaired) electrons. The summed E-state index contributed by atoms with van der Waals surface area (Å²) < 4.78 is 0. The minimum Gasteiger partial charge on any atom is -0.368 e. The minimum absolute atomic E-state index is 0.0746. The third kappa shape index (κ3) is 2.41. The van der Waals surface area contributed by atoms with Crippen LogP contribution >= 0.6 is 11.6 Å². The first-order chi connectivity index (χ1) is 7.29. The Hall–Kier alpha value is -1.24. The summed E-state index contributed by atoms with van der Waals surface area (Å²) in [5, 5.41) is 12.7. The first-order valence-electron chi connectivity index (χ1n) is 4.93. The van der Waals surface area contributed by atoms with Crippen molar-refractivity contribution < 1.29 is 0 Å². The van der Waals surface area contributed by atoms with E-state index in [2.05, 4.69) is 16.3 Å². The van der Waals surface area contributed by atoms with Crippen LogP contribution in [0.3, 0.4) is 0 Å². The number of anilines is 1. The molecule has 0 amide bonds. The van der Waals surface area contributed by atoms with E-state index in [-0.39, 0.29) is 6.04 Å². The van der Waals surface area contributed by atoms with Crippen molar-refractivity contribution in [3.8, 4) is 6.07 Å². The molecule has 78 valence electrons. The van der Waals surface area contributed by atoms with E-state index in [4.69, 9.17) is 16.9 Å². The van der Waals surface area contributed by atoms with Gasteiger partial charge in [0.25, 0.3) is 0 Å². The molecule has 1 aromatic rings. The van der Waals surface area contributed by atoms with Gasteiger partial charge in [0, 0.05) is 30.3 Å². The Morgan fingerprint density at radius 1 is 1.40 bits per heavy atom. The Bertz CT molecular complexity index is 368. The van der Waals surface area contributed by atoms with Crippen LogP contribution in [0.1, 0.15) is 0 Å². The van der Waals surface area contributed by atoms with Gasteiger partial charge < -0.3 is 4.90 Å². The fourth-order valence-electron chi connectivity index (χ4n) is 1.72. The lowest BCUT2D eigenvalue weighted by molar-refractivity contribution is 0.525. The molecular weight excluding hydrogens is 210 g/mol. The molecule has 1 aliphatic rings. The van der Waals surface area contributed by atoms with E-state index in [0.717, 1.165) is 30.3 Å². The zero-order valence-corrected chi connectivity index (χ0v) is 9.04. The van der Waals surface area contributed by atoms with Crippen LogP contribution in [0.15, 0.2) is 24.3 Å². The Labute approximate surface area is 94.3 Å². The Kier molecular flexibility index (Phi) is 3.10. The van der Waals surface area contributed by atoms with E-state index in [9.17, 15) is 0 Å². The summed E-state index contributed by atoms with van der Waals surface area (Å²) >= 11 is 5.82. The van der Waals surface area contributed by atoms with Crippen molar-refractivity contribution in [1.29, 1.82) is 5.26 Å². The molecule has 0 aliphatic carbocycles. The fraction of sp³-hybridized carbons (Fsp3) is 0.364. The summed E-state index contributed by atoms with van der Waals surface area (Å²) in [6.45, 7) is 2.51. The van der Waals surface area contributed by atoms with Gasteiger partial charge in [-0.2, -0.15) is 5.26 Å². The van der Waals surface area contributed by atoms with Crippen LogP contribution in [-0.4, -0.2) is 25.7 Å². The van der Waals surface area contributed by atoms with Gasteiger partial charge in [0.1, 0.15) is 6.04 Å². The lowest BCUT2D eigenvalue weighted by atomic mass is 10.2. The maximum Gasteiger partial charge on any atom is 0.113 e. The molecule has 1 aliphatic heterocycles. The normalized spacial score (nSPS) is 21.1. The monoisotopic (exact) mass is 221 g/mol. The maximum absolute atomic E-state index is 8.84. The summed E-state index contributed by atoms with van der Waals surface area (Å²) in [6, 6.07) is 9.89. The van der Waals surface area contributed by atoms with E-state index in [1.54, 1.807) is 0 Å². The SMILES string of the molecule is N#CC1CN(c2ccc(Cl)cc2)CCN1. The molecule has 1 atom stereocenters. The predicted octanol–water partition coefficient (Wildman–Crippen LogP) is 1.64. The molecule has 4 heteroatoms. The van der Waals surface area contributed by atoms with Gasteiger partial charge in [0.05, 0.1) is 6.07 Å². The Morgan fingerprint density at radius 3 is 2.80 bits per heavy atom. The summed E-state index contributed by atoms with van der Waals surface area (Å²) in [7, 11) is 0. The highest BCUT2D eigenvalue weighted by molar-refractivity contribution is 6.30. The van der Waals surface area contributed by atoms with E-state index in [1.807, 2.05) is 24.3 Å². The quantitative estimate of drug-likeness (QED) is 0.784. The molecule has 1 aromatic carbocycles. The molecular formula is C11H12ClN3. The third-order valence-corrected chi connectivity index (χ3v) is 2.78. The molecule has 0 saturated carbocycles. The number of hydrogen-bond acceptors (Lipinski definition) is 3. The van der Waals surface area contributed by atoms with Crippen molar-refractivity contribution in [3.05, 3.63) is 29.3 Å². The molecule has 1 fully saturated rings. The van der Waals surface area contributed by atoms with E-state index in [0.29, 0.717) is 0 Å². The number of nitrogens with zero attached hydrogens (tertiary/aromatic N) is 2. The number of benzene rings is 1. The second kappa shape index (κ2) is 4.52. The first kappa shape index (κ1) is 10.3. The van der Waals surface area contributed by atoms with Crippen LogP contribution in [-0.2, 0) is 0 Å². The number of hydrogen-bond donors (Lipinski definition) is 1. The fourth-order valence-corrected chi connectivity index (χ4v) is 1.85. The topological polar surface area (TPSA) is 39.1 Å². The van der Waals surface area contributed by atoms with Crippen LogP contribution in [0.4, 0.5) is 5.69 Å². The van der Waals surface area contributed by atoms with Crippen molar-refractivity contribution in [1.82, 2.24) is 5.32 Å². The second-order valence-electron chi connectivity index (χ2n) is 3.56. The van der Waals surface area contributed by atoms with Gasteiger partial charge in [0.2, 0.25) is 0 Å². The predicted molar refractivity (Wildman–Crippen MR) is 61.1 cm³/mol. The average molecular weight is 222 g/mol. The Balaban J connectivity index is 2.10. The number of halogens is 1. The molecule has 0 aromatic heterocycles. The zero-order chi connectivity index (χ0) is 10.7. The van der Waals surface area contributed by atoms with Gasteiger partial charge in [-0.25, -0.2) is 0 Å². The first-order valence-corrected chi connectivity index (χ1v) is 5.31. The average Bonchev–Trinajstić information content (AvgIpc) is 2.30. The van der Waals surface area contributed by atoms with E-state index < -0.39 is 0 Å². The molecule has 1 saturated heterocycles. The van der Waals surface area contributed by atoms with Crippen molar-refractivity contribution >= 4 is 17.3 Å². The molecule has 0 bridgehead atoms. The molecule has 0 spiro atoms. The molecule has 1 heterocycles. The zero-order valence-electron chi connectivity index (χ0n) is 8.28. The number of nitriles is 1. The lowest BCUT2D eigenvalue weighted by Gasteiger charge is -2.32. The van der Waals surface area contributed by atoms with Crippen molar-refractivity contribution in [3.63, 3.8) is 0 Å². The standard InChI is InChI=1S/C11H12ClN3/c12-9-1-3-11(4-2-9)15-6-5-14-10(7-13)8-15/h1-4,10,14H,5-6,8H2. The number of rotatable bonds is 1. The van der Waals surface area contributed by atoms with Gasteiger partial charge >= 0.3 is 0 Å². The number of piperazine rings is 1. The van der Waals surface area contributed by atoms with Crippen LogP contribution < -0.4 is 10.2 Å². The smallest absolute Gasteiger partial charge is 0.113 e. The van der Waals surface area contributed by atoms with Crippen LogP contribution in [0.25, 0.3) is 0 Å². The molecule has 3 nitrogen and oxygen atoms in total.